The quantitative estimate of drug-likeness (QED) is 0.225. The summed E-state index contributed by atoms with van der Waals surface area (Å²) in [4.78, 5) is 43.4. The predicted octanol–water partition coefficient (Wildman–Crippen LogP) is -2.36. The van der Waals surface area contributed by atoms with Crippen molar-refractivity contribution in [1.29, 1.82) is 0 Å². The van der Waals surface area contributed by atoms with E-state index in [0.29, 0.717) is 0 Å². The number of aliphatic carboxylic acids is 4. The van der Waals surface area contributed by atoms with E-state index in [1.807, 2.05) is 0 Å². The zero-order valence-corrected chi connectivity index (χ0v) is 11.4. The van der Waals surface area contributed by atoms with Gasteiger partial charge in [0.15, 0.2) is 0 Å². The maximum atomic E-state index is 10.9. The van der Waals surface area contributed by atoms with Crippen molar-refractivity contribution in [2.45, 2.75) is 42.9 Å². The first-order chi connectivity index (χ1) is 9.84. The minimum atomic E-state index is -2.76. The summed E-state index contributed by atoms with van der Waals surface area (Å²) >= 11 is 0. The molecule has 2 atom stereocenters. The van der Waals surface area contributed by atoms with E-state index in [2.05, 4.69) is 0 Å². The minimum Gasteiger partial charge on any atom is -0.481 e. The van der Waals surface area contributed by atoms with E-state index >= 15 is 0 Å². The Morgan fingerprint density at radius 2 is 1.18 bits per heavy atom. The Morgan fingerprint density at radius 3 is 1.45 bits per heavy atom. The lowest BCUT2D eigenvalue weighted by Gasteiger charge is -2.45. The highest BCUT2D eigenvalue weighted by molar-refractivity contribution is 5.76. The fourth-order valence-corrected chi connectivity index (χ4v) is 2.17. The van der Waals surface area contributed by atoms with Crippen LogP contribution < -0.4 is 11.5 Å². The normalized spacial score (nSPS) is 15.6. The fraction of sp³-hybridized carbons (Fsp3) is 0.636. The van der Waals surface area contributed by atoms with Gasteiger partial charge >= 0.3 is 23.9 Å². The van der Waals surface area contributed by atoms with Gasteiger partial charge in [0.1, 0.15) is 5.60 Å². The highest BCUT2D eigenvalue weighted by atomic mass is 16.4. The number of aliphatic hydroxyl groups is 1. The first-order valence-electron chi connectivity index (χ1n) is 5.98. The maximum Gasteiger partial charge on any atom is 0.306 e. The van der Waals surface area contributed by atoms with Gasteiger partial charge in [-0.1, -0.05) is 0 Å². The summed E-state index contributed by atoms with van der Waals surface area (Å²) in [6, 6.07) is -1.79. The molecule has 0 rings (SSSR count). The number of carboxylic acids is 4. The van der Waals surface area contributed by atoms with Gasteiger partial charge in [-0.05, 0) is 0 Å². The van der Waals surface area contributed by atoms with Crippen LogP contribution in [0.15, 0.2) is 0 Å². The maximum absolute atomic E-state index is 10.9. The smallest absolute Gasteiger partial charge is 0.306 e. The Labute approximate surface area is 124 Å². The molecule has 11 nitrogen and oxygen atoms in total. The average molecular weight is 322 g/mol. The summed E-state index contributed by atoms with van der Waals surface area (Å²) in [5.41, 5.74) is 5.90. The van der Waals surface area contributed by atoms with Gasteiger partial charge in [-0.15, -0.1) is 0 Å². The monoisotopic (exact) mass is 322 g/mol. The van der Waals surface area contributed by atoms with Gasteiger partial charge in [-0.2, -0.15) is 0 Å². The van der Waals surface area contributed by atoms with E-state index < -0.39 is 66.7 Å². The number of hydrogen-bond acceptors (Lipinski definition) is 7. The van der Waals surface area contributed by atoms with Crippen LogP contribution in [-0.2, 0) is 19.2 Å². The van der Waals surface area contributed by atoms with Crippen molar-refractivity contribution in [2.24, 2.45) is 11.5 Å². The molecule has 22 heavy (non-hydrogen) atoms. The third-order valence-electron chi connectivity index (χ3n) is 3.22. The SMILES string of the molecule is NC(CC(=O)O)C(O)(CC(=O)O)C(N)(CC(=O)O)CC(=O)O. The van der Waals surface area contributed by atoms with Crippen LogP contribution in [0.25, 0.3) is 0 Å². The summed E-state index contributed by atoms with van der Waals surface area (Å²) in [7, 11) is 0. The third-order valence-corrected chi connectivity index (χ3v) is 3.22. The molecule has 0 heterocycles. The Hall–Kier alpha value is -2.24. The lowest BCUT2D eigenvalue weighted by molar-refractivity contribution is -0.161. The van der Waals surface area contributed by atoms with E-state index in [4.69, 9.17) is 31.9 Å². The average Bonchev–Trinajstić information content (AvgIpc) is 2.23. The van der Waals surface area contributed by atoms with Crippen LogP contribution in [0.1, 0.15) is 25.7 Å². The number of hydrogen-bond donors (Lipinski definition) is 7. The number of nitrogens with two attached hydrogens (primary N) is 2. The molecule has 0 saturated heterocycles. The molecule has 0 radical (unpaired) electrons. The molecular weight excluding hydrogens is 304 g/mol. The van der Waals surface area contributed by atoms with Gasteiger partial charge in [-0.25, -0.2) is 0 Å². The molecule has 126 valence electrons. The lowest BCUT2D eigenvalue weighted by Crippen LogP contribution is -2.70. The molecule has 0 aliphatic rings. The van der Waals surface area contributed by atoms with E-state index in [1.165, 1.54) is 0 Å². The van der Waals surface area contributed by atoms with Crippen molar-refractivity contribution in [3.63, 3.8) is 0 Å². The van der Waals surface area contributed by atoms with Crippen LogP contribution >= 0.6 is 0 Å². The summed E-state index contributed by atoms with van der Waals surface area (Å²) < 4.78 is 0. The van der Waals surface area contributed by atoms with E-state index in [-0.39, 0.29) is 0 Å². The molecule has 0 aliphatic heterocycles. The van der Waals surface area contributed by atoms with Gasteiger partial charge in [-0.3, -0.25) is 19.2 Å². The molecule has 0 aromatic heterocycles. The second-order valence-electron chi connectivity index (χ2n) is 5.00. The summed E-state index contributed by atoms with van der Waals surface area (Å²) in [5, 5.41) is 45.7. The summed E-state index contributed by atoms with van der Waals surface area (Å²) in [5.74, 6) is -6.34. The second kappa shape index (κ2) is 7.15. The fourth-order valence-electron chi connectivity index (χ4n) is 2.17. The molecule has 0 amide bonds. The first kappa shape index (κ1) is 19.8. The van der Waals surface area contributed by atoms with Gasteiger partial charge in [0, 0.05) is 6.04 Å². The Morgan fingerprint density at radius 1 is 0.818 bits per heavy atom. The van der Waals surface area contributed by atoms with Crippen LogP contribution in [0.2, 0.25) is 0 Å². The van der Waals surface area contributed by atoms with Crippen molar-refractivity contribution in [3.05, 3.63) is 0 Å². The van der Waals surface area contributed by atoms with E-state index in [0.717, 1.165) is 0 Å². The van der Waals surface area contributed by atoms with Crippen LogP contribution in [-0.4, -0.2) is 66.6 Å². The Bertz CT molecular complexity index is 462. The molecule has 2 unspecified atom stereocenters. The predicted molar refractivity (Wildman–Crippen MR) is 68.9 cm³/mol. The number of rotatable bonds is 10. The molecule has 0 saturated carbocycles. The van der Waals surface area contributed by atoms with Gasteiger partial charge < -0.3 is 37.0 Å². The summed E-state index contributed by atoms with van der Waals surface area (Å²) in [6.07, 6.45) is -4.37. The lowest BCUT2D eigenvalue weighted by atomic mass is 9.68. The van der Waals surface area contributed by atoms with Gasteiger partial charge in [0.25, 0.3) is 0 Å². The highest BCUT2D eigenvalue weighted by Crippen LogP contribution is 2.34. The molecule has 0 aromatic rings. The number of carboxylic acid groups (broad SMARTS) is 4. The van der Waals surface area contributed by atoms with Crippen LogP contribution in [0.5, 0.6) is 0 Å². The van der Waals surface area contributed by atoms with Crippen molar-refractivity contribution < 1.29 is 44.7 Å². The third kappa shape index (κ3) is 4.95. The highest BCUT2D eigenvalue weighted by Gasteiger charge is 2.55. The molecular formula is C11H18N2O9. The largest absolute Gasteiger partial charge is 0.481 e. The molecule has 0 spiro atoms. The van der Waals surface area contributed by atoms with E-state index in [1.54, 1.807) is 0 Å². The Balaban J connectivity index is 5.92. The molecule has 0 aliphatic carbocycles. The topological polar surface area (TPSA) is 221 Å². The van der Waals surface area contributed by atoms with Crippen LogP contribution in [0.4, 0.5) is 0 Å². The molecule has 9 N–H and O–H groups in total. The number of carbonyl (C=O) groups is 4. The van der Waals surface area contributed by atoms with Crippen molar-refractivity contribution in [3.8, 4) is 0 Å². The second-order valence-corrected chi connectivity index (χ2v) is 5.00. The van der Waals surface area contributed by atoms with Crippen LogP contribution in [0, 0.1) is 0 Å². The van der Waals surface area contributed by atoms with Gasteiger partial charge in [0.2, 0.25) is 0 Å². The molecule has 11 heteroatoms. The molecule has 0 aromatic carbocycles. The minimum absolute atomic E-state index is 0.929. The molecule has 0 bridgehead atoms. The van der Waals surface area contributed by atoms with Crippen molar-refractivity contribution in [2.75, 3.05) is 0 Å². The van der Waals surface area contributed by atoms with E-state index in [9.17, 15) is 24.3 Å². The zero-order chi connectivity index (χ0) is 17.7. The van der Waals surface area contributed by atoms with Crippen LogP contribution in [0.3, 0.4) is 0 Å². The standard InChI is InChI=1S/C11H18N2O9/c12-5(1-6(14)15)11(22,4-9(20)21)10(13,2-7(16)17)3-8(18)19/h5,22H,1-4,12-13H2,(H,14,15)(H,16,17)(H,18,19)(H,20,21). The summed E-state index contributed by atoms with van der Waals surface area (Å²) in [6.45, 7) is 0. The van der Waals surface area contributed by atoms with Crippen molar-refractivity contribution >= 4 is 23.9 Å². The van der Waals surface area contributed by atoms with Crippen molar-refractivity contribution in [1.82, 2.24) is 0 Å². The van der Waals surface area contributed by atoms with Gasteiger partial charge in [0.05, 0.1) is 31.2 Å². The first-order valence-corrected chi connectivity index (χ1v) is 5.98. The Kier molecular flexibility index (Phi) is 6.43. The molecule has 0 fully saturated rings. The zero-order valence-electron chi connectivity index (χ0n) is 11.4.